The number of hydrogen-bond donors (Lipinski definition) is 2. The molecule has 0 saturated heterocycles. The SMILES string of the molecule is CCNc1nc(NC(C)CC)c2ccccc2n1. The van der Waals surface area contributed by atoms with Gasteiger partial charge in [-0.3, -0.25) is 0 Å². The Hall–Kier alpha value is -1.84. The van der Waals surface area contributed by atoms with Crippen LogP contribution in [0.5, 0.6) is 0 Å². The normalized spacial score (nSPS) is 12.4. The number of fused-ring (bicyclic) bond motifs is 1. The molecule has 2 rings (SSSR count). The second-order valence-electron chi connectivity index (χ2n) is 4.40. The van der Waals surface area contributed by atoms with Crippen LogP contribution in [-0.2, 0) is 0 Å². The highest BCUT2D eigenvalue weighted by atomic mass is 15.1. The Morgan fingerprint density at radius 1 is 1.17 bits per heavy atom. The quantitative estimate of drug-likeness (QED) is 0.847. The van der Waals surface area contributed by atoms with Gasteiger partial charge < -0.3 is 10.6 Å². The van der Waals surface area contributed by atoms with Crippen LogP contribution in [0.4, 0.5) is 11.8 Å². The van der Waals surface area contributed by atoms with Crippen LogP contribution in [0.15, 0.2) is 24.3 Å². The molecule has 1 heterocycles. The summed E-state index contributed by atoms with van der Waals surface area (Å²) < 4.78 is 0. The van der Waals surface area contributed by atoms with Crippen LogP contribution in [0.2, 0.25) is 0 Å². The van der Waals surface area contributed by atoms with E-state index in [2.05, 4.69) is 40.5 Å². The molecule has 1 aromatic heterocycles. The first-order valence-corrected chi connectivity index (χ1v) is 6.51. The van der Waals surface area contributed by atoms with Gasteiger partial charge in [0.05, 0.1) is 5.52 Å². The Labute approximate surface area is 108 Å². The molecule has 2 N–H and O–H groups in total. The molecule has 0 fully saturated rings. The zero-order chi connectivity index (χ0) is 13.0. The van der Waals surface area contributed by atoms with Gasteiger partial charge in [0, 0.05) is 18.0 Å². The topological polar surface area (TPSA) is 49.8 Å². The predicted molar refractivity (Wildman–Crippen MR) is 77.1 cm³/mol. The highest BCUT2D eigenvalue weighted by Gasteiger charge is 2.08. The third kappa shape index (κ3) is 2.70. The van der Waals surface area contributed by atoms with Crippen LogP contribution in [0.25, 0.3) is 10.9 Å². The van der Waals surface area contributed by atoms with Gasteiger partial charge in [-0.1, -0.05) is 19.1 Å². The van der Waals surface area contributed by atoms with Gasteiger partial charge in [0.1, 0.15) is 5.82 Å². The number of nitrogens with one attached hydrogen (secondary N) is 2. The van der Waals surface area contributed by atoms with Gasteiger partial charge in [-0.2, -0.15) is 4.98 Å². The zero-order valence-electron chi connectivity index (χ0n) is 11.2. The summed E-state index contributed by atoms with van der Waals surface area (Å²) in [6.45, 7) is 7.18. The van der Waals surface area contributed by atoms with E-state index in [4.69, 9.17) is 0 Å². The molecule has 0 aliphatic heterocycles. The molecule has 0 bridgehead atoms. The van der Waals surface area contributed by atoms with E-state index in [1.54, 1.807) is 0 Å². The summed E-state index contributed by atoms with van der Waals surface area (Å²) in [6.07, 6.45) is 1.06. The molecule has 1 unspecified atom stereocenters. The number of para-hydroxylation sites is 1. The largest absolute Gasteiger partial charge is 0.367 e. The van der Waals surface area contributed by atoms with E-state index in [1.807, 2.05) is 25.1 Å². The smallest absolute Gasteiger partial charge is 0.225 e. The highest BCUT2D eigenvalue weighted by Crippen LogP contribution is 2.22. The van der Waals surface area contributed by atoms with Crippen molar-refractivity contribution < 1.29 is 0 Å². The molecule has 0 saturated carbocycles. The first-order chi connectivity index (χ1) is 8.74. The lowest BCUT2D eigenvalue weighted by Gasteiger charge is -2.15. The van der Waals surface area contributed by atoms with Gasteiger partial charge in [0.15, 0.2) is 0 Å². The molecule has 0 aliphatic rings. The van der Waals surface area contributed by atoms with Crippen molar-refractivity contribution in [2.24, 2.45) is 0 Å². The number of benzene rings is 1. The molecule has 1 atom stereocenters. The Balaban J connectivity index is 2.46. The van der Waals surface area contributed by atoms with Crippen molar-refractivity contribution in [2.75, 3.05) is 17.2 Å². The van der Waals surface area contributed by atoms with Gasteiger partial charge >= 0.3 is 0 Å². The Morgan fingerprint density at radius 3 is 2.67 bits per heavy atom. The van der Waals surface area contributed by atoms with Crippen molar-refractivity contribution in [1.82, 2.24) is 9.97 Å². The van der Waals surface area contributed by atoms with E-state index < -0.39 is 0 Å². The maximum atomic E-state index is 4.55. The lowest BCUT2D eigenvalue weighted by atomic mass is 10.2. The van der Waals surface area contributed by atoms with Crippen molar-refractivity contribution in [3.63, 3.8) is 0 Å². The van der Waals surface area contributed by atoms with Gasteiger partial charge in [-0.15, -0.1) is 0 Å². The average molecular weight is 244 g/mol. The van der Waals surface area contributed by atoms with E-state index in [-0.39, 0.29) is 0 Å². The molecule has 4 nitrogen and oxygen atoms in total. The van der Waals surface area contributed by atoms with Gasteiger partial charge in [-0.25, -0.2) is 4.98 Å². The number of rotatable bonds is 5. The predicted octanol–water partition coefficient (Wildman–Crippen LogP) is 3.27. The molecule has 1 aromatic carbocycles. The molecule has 96 valence electrons. The lowest BCUT2D eigenvalue weighted by molar-refractivity contribution is 0.760. The Morgan fingerprint density at radius 2 is 1.94 bits per heavy atom. The third-order valence-corrected chi connectivity index (χ3v) is 2.93. The fourth-order valence-electron chi connectivity index (χ4n) is 1.76. The van der Waals surface area contributed by atoms with E-state index in [0.29, 0.717) is 12.0 Å². The fourth-order valence-corrected chi connectivity index (χ4v) is 1.76. The Bertz CT molecular complexity index is 524. The van der Waals surface area contributed by atoms with Crippen molar-refractivity contribution in [3.8, 4) is 0 Å². The lowest BCUT2D eigenvalue weighted by Crippen LogP contribution is -2.16. The van der Waals surface area contributed by atoms with Crippen molar-refractivity contribution in [1.29, 1.82) is 0 Å². The fraction of sp³-hybridized carbons (Fsp3) is 0.429. The minimum absolute atomic E-state index is 0.401. The molecular formula is C14H20N4. The summed E-state index contributed by atoms with van der Waals surface area (Å²) in [6, 6.07) is 8.48. The first kappa shape index (κ1) is 12.6. The van der Waals surface area contributed by atoms with Crippen molar-refractivity contribution in [2.45, 2.75) is 33.2 Å². The number of nitrogens with zero attached hydrogens (tertiary/aromatic N) is 2. The molecule has 18 heavy (non-hydrogen) atoms. The van der Waals surface area contributed by atoms with E-state index in [1.165, 1.54) is 0 Å². The van der Waals surface area contributed by atoms with Crippen molar-refractivity contribution in [3.05, 3.63) is 24.3 Å². The third-order valence-electron chi connectivity index (χ3n) is 2.93. The summed E-state index contributed by atoms with van der Waals surface area (Å²) in [5, 5.41) is 7.68. The number of hydrogen-bond acceptors (Lipinski definition) is 4. The zero-order valence-corrected chi connectivity index (χ0v) is 11.2. The minimum atomic E-state index is 0.401. The summed E-state index contributed by atoms with van der Waals surface area (Å²) in [5.74, 6) is 1.59. The van der Waals surface area contributed by atoms with Crippen LogP contribution in [0.3, 0.4) is 0 Å². The second kappa shape index (κ2) is 5.67. The minimum Gasteiger partial charge on any atom is -0.367 e. The summed E-state index contributed by atoms with van der Waals surface area (Å²) in [7, 11) is 0. The monoisotopic (exact) mass is 244 g/mol. The maximum Gasteiger partial charge on any atom is 0.225 e. The average Bonchev–Trinajstić information content (AvgIpc) is 2.39. The molecule has 0 aliphatic carbocycles. The van der Waals surface area contributed by atoms with Crippen LogP contribution < -0.4 is 10.6 Å². The van der Waals surface area contributed by atoms with E-state index >= 15 is 0 Å². The number of aromatic nitrogens is 2. The molecule has 0 radical (unpaired) electrons. The molecule has 0 spiro atoms. The van der Waals surface area contributed by atoms with Crippen LogP contribution in [0.1, 0.15) is 27.2 Å². The number of anilines is 2. The van der Waals surface area contributed by atoms with Crippen LogP contribution in [-0.4, -0.2) is 22.6 Å². The molecule has 2 aromatic rings. The summed E-state index contributed by atoms with van der Waals surface area (Å²) >= 11 is 0. The molecular weight excluding hydrogens is 224 g/mol. The second-order valence-corrected chi connectivity index (χ2v) is 4.40. The van der Waals surface area contributed by atoms with E-state index in [9.17, 15) is 0 Å². The molecule has 4 heteroatoms. The standard InChI is InChI=1S/C14H20N4/c1-4-10(3)16-13-11-8-6-7-9-12(11)17-14(18-13)15-5-2/h6-10H,4-5H2,1-3H3,(H2,15,16,17,18). The maximum absolute atomic E-state index is 4.55. The highest BCUT2D eigenvalue weighted by molar-refractivity contribution is 5.90. The summed E-state index contributed by atoms with van der Waals surface area (Å²) in [5.41, 5.74) is 0.967. The van der Waals surface area contributed by atoms with Crippen LogP contribution in [0, 0.1) is 0 Å². The van der Waals surface area contributed by atoms with Gasteiger partial charge in [-0.05, 0) is 32.4 Å². The molecule has 0 amide bonds. The Kier molecular flexibility index (Phi) is 3.97. The van der Waals surface area contributed by atoms with Crippen LogP contribution >= 0.6 is 0 Å². The van der Waals surface area contributed by atoms with Gasteiger partial charge in [0.25, 0.3) is 0 Å². The summed E-state index contributed by atoms with van der Waals surface area (Å²) in [4.78, 5) is 9.04. The van der Waals surface area contributed by atoms with Crippen molar-refractivity contribution >= 4 is 22.7 Å². The van der Waals surface area contributed by atoms with E-state index in [0.717, 1.165) is 29.7 Å². The first-order valence-electron chi connectivity index (χ1n) is 6.51. The van der Waals surface area contributed by atoms with Gasteiger partial charge in [0.2, 0.25) is 5.95 Å².